The van der Waals surface area contributed by atoms with Gasteiger partial charge in [-0.15, -0.1) is 0 Å². The first-order chi connectivity index (χ1) is 8.82. The zero-order valence-corrected chi connectivity index (χ0v) is 12.8. The van der Waals surface area contributed by atoms with Crippen LogP contribution in [0.5, 0.6) is 11.5 Å². The van der Waals surface area contributed by atoms with Crippen LogP contribution in [0.1, 0.15) is 19.4 Å². The summed E-state index contributed by atoms with van der Waals surface area (Å²) >= 11 is 0. The molecule has 0 bridgehead atoms. The predicted octanol–water partition coefficient (Wildman–Crippen LogP) is 1.87. The summed E-state index contributed by atoms with van der Waals surface area (Å²) in [5, 5.41) is -0.433. The summed E-state index contributed by atoms with van der Waals surface area (Å²) in [6, 6.07) is 5.38. The largest absolute Gasteiger partial charge is 0.493 e. The number of methoxy groups -OCH3 is 2. The van der Waals surface area contributed by atoms with Crippen molar-refractivity contribution in [3.05, 3.63) is 23.8 Å². The number of nitrogens with zero attached hydrogens (tertiary/aromatic N) is 1. The van der Waals surface area contributed by atoms with Gasteiger partial charge in [0.25, 0.3) is 0 Å². The van der Waals surface area contributed by atoms with Gasteiger partial charge in [0.15, 0.2) is 11.5 Å². The van der Waals surface area contributed by atoms with Gasteiger partial charge in [-0.2, -0.15) is 0 Å². The topological polar surface area (TPSA) is 55.8 Å². The second kappa shape index (κ2) is 6.25. The van der Waals surface area contributed by atoms with E-state index in [1.807, 2.05) is 6.07 Å². The summed E-state index contributed by atoms with van der Waals surface area (Å²) in [4.78, 5) is 0. The minimum atomic E-state index is -3.25. The lowest BCUT2D eigenvalue weighted by Gasteiger charge is -2.20. The van der Waals surface area contributed by atoms with Crippen LogP contribution in [0, 0.1) is 0 Å². The summed E-state index contributed by atoms with van der Waals surface area (Å²) in [6.45, 7) is 3.64. The lowest BCUT2D eigenvalue weighted by Crippen LogP contribution is -2.32. The summed E-state index contributed by atoms with van der Waals surface area (Å²) in [5.41, 5.74) is 0.851. The van der Waals surface area contributed by atoms with Gasteiger partial charge in [-0.05, 0) is 31.5 Å². The molecule has 108 valence electrons. The highest BCUT2D eigenvalue weighted by molar-refractivity contribution is 7.89. The van der Waals surface area contributed by atoms with Crippen LogP contribution in [0.3, 0.4) is 0 Å². The summed E-state index contributed by atoms with van der Waals surface area (Å²) in [5.74, 6) is 1.22. The van der Waals surface area contributed by atoms with Crippen LogP contribution < -0.4 is 9.47 Å². The third-order valence-corrected chi connectivity index (χ3v) is 5.07. The van der Waals surface area contributed by atoms with Gasteiger partial charge in [-0.1, -0.05) is 6.07 Å². The number of ether oxygens (including phenoxy) is 2. The maximum Gasteiger partial charge on any atom is 0.216 e. The fraction of sp³-hybridized carbons (Fsp3) is 0.538. The van der Waals surface area contributed by atoms with Gasteiger partial charge in [-0.3, -0.25) is 0 Å². The highest BCUT2D eigenvalue weighted by Gasteiger charge is 2.22. The summed E-state index contributed by atoms with van der Waals surface area (Å²) in [6.07, 6.45) is 0. The van der Waals surface area contributed by atoms with Crippen LogP contribution >= 0.6 is 0 Å². The zero-order valence-electron chi connectivity index (χ0n) is 12.0. The Bertz CT molecular complexity index is 525. The van der Waals surface area contributed by atoms with E-state index in [9.17, 15) is 8.42 Å². The van der Waals surface area contributed by atoms with Gasteiger partial charge in [-0.25, -0.2) is 12.7 Å². The van der Waals surface area contributed by atoms with Crippen molar-refractivity contribution in [2.75, 3.05) is 21.3 Å². The van der Waals surface area contributed by atoms with Gasteiger partial charge in [0.2, 0.25) is 10.0 Å². The van der Waals surface area contributed by atoms with Gasteiger partial charge in [0.05, 0.1) is 19.5 Å². The van der Waals surface area contributed by atoms with Crippen molar-refractivity contribution in [3.8, 4) is 11.5 Å². The molecular formula is C13H21NO4S. The fourth-order valence-corrected chi connectivity index (χ4v) is 2.73. The van der Waals surface area contributed by atoms with E-state index in [0.29, 0.717) is 18.0 Å². The fourth-order valence-electron chi connectivity index (χ4n) is 1.69. The lowest BCUT2D eigenvalue weighted by atomic mass is 10.2. The Morgan fingerprint density at radius 2 is 1.74 bits per heavy atom. The standard InChI is InChI=1S/C13H21NO4S/c1-10(2)19(15,16)14(3)9-11-6-7-12(17-4)13(8-11)18-5/h6-8,10H,9H2,1-5H3. The molecule has 1 aromatic rings. The Morgan fingerprint density at radius 1 is 1.16 bits per heavy atom. The van der Waals surface area contributed by atoms with E-state index in [1.54, 1.807) is 47.2 Å². The number of rotatable bonds is 6. The van der Waals surface area contributed by atoms with Crippen molar-refractivity contribution in [3.63, 3.8) is 0 Å². The molecule has 6 heteroatoms. The zero-order chi connectivity index (χ0) is 14.6. The minimum absolute atomic E-state index is 0.306. The molecule has 1 aromatic carbocycles. The highest BCUT2D eigenvalue weighted by atomic mass is 32.2. The van der Waals surface area contributed by atoms with Crippen molar-refractivity contribution in [1.82, 2.24) is 4.31 Å². The number of hydrogen-bond acceptors (Lipinski definition) is 4. The molecule has 19 heavy (non-hydrogen) atoms. The molecule has 0 aliphatic carbocycles. The molecular weight excluding hydrogens is 266 g/mol. The SMILES string of the molecule is COc1ccc(CN(C)S(=O)(=O)C(C)C)cc1OC. The third kappa shape index (κ3) is 3.61. The molecule has 0 amide bonds. The Labute approximate surface area is 115 Å². The second-order valence-corrected chi connectivity index (χ2v) is 7.14. The molecule has 0 aromatic heterocycles. The lowest BCUT2D eigenvalue weighted by molar-refractivity contribution is 0.354. The number of hydrogen-bond donors (Lipinski definition) is 0. The average molecular weight is 287 g/mol. The molecule has 0 aliphatic rings. The molecule has 0 N–H and O–H groups in total. The Morgan fingerprint density at radius 3 is 2.21 bits per heavy atom. The van der Waals surface area contributed by atoms with E-state index in [0.717, 1.165) is 5.56 Å². The first-order valence-corrected chi connectivity index (χ1v) is 7.49. The molecule has 0 saturated carbocycles. The molecule has 0 atom stereocenters. The van der Waals surface area contributed by atoms with Crippen LogP contribution in [-0.2, 0) is 16.6 Å². The molecule has 1 rings (SSSR count). The molecule has 5 nitrogen and oxygen atoms in total. The Balaban J connectivity index is 2.95. The van der Waals surface area contributed by atoms with E-state index < -0.39 is 15.3 Å². The van der Waals surface area contributed by atoms with E-state index in [4.69, 9.17) is 9.47 Å². The van der Waals surface area contributed by atoms with Crippen molar-refractivity contribution in [2.45, 2.75) is 25.6 Å². The maximum atomic E-state index is 12.0. The molecule has 0 fully saturated rings. The van der Waals surface area contributed by atoms with Crippen molar-refractivity contribution in [2.24, 2.45) is 0 Å². The number of benzene rings is 1. The molecule has 0 spiro atoms. The number of sulfonamides is 1. The summed E-state index contributed by atoms with van der Waals surface area (Å²) in [7, 11) is 1.44. The Kier molecular flexibility index (Phi) is 5.20. The minimum Gasteiger partial charge on any atom is -0.493 e. The van der Waals surface area contributed by atoms with E-state index >= 15 is 0 Å². The highest BCUT2D eigenvalue weighted by Crippen LogP contribution is 2.28. The molecule has 0 saturated heterocycles. The summed E-state index contributed by atoms with van der Waals surface area (Å²) < 4.78 is 35.7. The quantitative estimate of drug-likeness (QED) is 0.801. The van der Waals surface area contributed by atoms with Crippen LogP contribution in [0.4, 0.5) is 0 Å². The molecule has 0 aliphatic heterocycles. The Hall–Kier alpha value is -1.27. The first-order valence-electron chi connectivity index (χ1n) is 5.99. The third-order valence-electron chi connectivity index (χ3n) is 2.88. The maximum absolute atomic E-state index is 12.0. The van der Waals surface area contributed by atoms with Crippen LogP contribution in [-0.4, -0.2) is 39.2 Å². The molecule has 0 heterocycles. The van der Waals surface area contributed by atoms with Crippen molar-refractivity contribution in [1.29, 1.82) is 0 Å². The smallest absolute Gasteiger partial charge is 0.216 e. The average Bonchev–Trinajstić information content (AvgIpc) is 2.38. The molecule has 0 unspecified atom stereocenters. The first kappa shape index (κ1) is 15.8. The second-order valence-electron chi connectivity index (χ2n) is 4.54. The van der Waals surface area contributed by atoms with Crippen molar-refractivity contribution >= 4 is 10.0 Å². The van der Waals surface area contributed by atoms with E-state index in [2.05, 4.69) is 0 Å². The van der Waals surface area contributed by atoms with Crippen LogP contribution in [0.25, 0.3) is 0 Å². The predicted molar refractivity (Wildman–Crippen MR) is 75.1 cm³/mol. The van der Waals surface area contributed by atoms with Crippen LogP contribution in [0.2, 0.25) is 0 Å². The van der Waals surface area contributed by atoms with Gasteiger partial charge in [0, 0.05) is 13.6 Å². The van der Waals surface area contributed by atoms with Crippen LogP contribution in [0.15, 0.2) is 18.2 Å². The van der Waals surface area contributed by atoms with E-state index in [-0.39, 0.29) is 0 Å². The monoisotopic (exact) mass is 287 g/mol. The van der Waals surface area contributed by atoms with Gasteiger partial charge < -0.3 is 9.47 Å². The van der Waals surface area contributed by atoms with Gasteiger partial charge in [0.1, 0.15) is 0 Å². The molecule has 0 radical (unpaired) electrons. The normalized spacial score (nSPS) is 11.9. The van der Waals surface area contributed by atoms with Crippen molar-refractivity contribution < 1.29 is 17.9 Å². The van der Waals surface area contributed by atoms with Gasteiger partial charge >= 0.3 is 0 Å². The van der Waals surface area contributed by atoms with E-state index in [1.165, 1.54) is 4.31 Å².